The number of carboxylic acid groups (broad SMARTS) is 1. The quantitative estimate of drug-likeness (QED) is 0.404. The molecular formula is C29H36N4O3. The molecule has 0 saturated heterocycles. The topological polar surface area (TPSA) is 101 Å². The zero-order chi connectivity index (χ0) is 26.0. The highest BCUT2D eigenvalue weighted by molar-refractivity contribution is 5.78. The van der Waals surface area contributed by atoms with E-state index >= 15 is 0 Å². The predicted octanol–water partition coefficient (Wildman–Crippen LogP) is 4.96. The molecule has 7 nitrogen and oxygen atoms in total. The van der Waals surface area contributed by atoms with Crippen molar-refractivity contribution in [2.45, 2.75) is 46.7 Å². The number of anilines is 2. The Bertz CT molecular complexity index is 1270. The predicted molar refractivity (Wildman–Crippen MR) is 143 cm³/mol. The van der Waals surface area contributed by atoms with Crippen LogP contribution in [0.2, 0.25) is 0 Å². The number of aliphatic carboxylic acids is 1. The molecule has 2 heterocycles. The van der Waals surface area contributed by atoms with Gasteiger partial charge in [-0.1, -0.05) is 24.3 Å². The van der Waals surface area contributed by atoms with Gasteiger partial charge in [0.25, 0.3) is 0 Å². The summed E-state index contributed by atoms with van der Waals surface area (Å²) in [6.45, 7) is 10.5. The summed E-state index contributed by atoms with van der Waals surface area (Å²) in [6, 6.07) is 12.2. The Morgan fingerprint density at radius 1 is 1.25 bits per heavy atom. The third kappa shape index (κ3) is 4.88. The van der Waals surface area contributed by atoms with Crippen LogP contribution >= 0.6 is 0 Å². The fourth-order valence-corrected chi connectivity index (χ4v) is 5.08. The minimum absolute atomic E-state index is 0.375. The summed E-state index contributed by atoms with van der Waals surface area (Å²) in [6.07, 6.45) is 3.62. The number of nitrogen functional groups attached to an aromatic ring is 1. The molecule has 0 spiro atoms. The molecule has 1 aliphatic heterocycles. The Balaban J connectivity index is 1.74. The largest absolute Gasteiger partial charge is 0.492 e. The van der Waals surface area contributed by atoms with Crippen LogP contribution in [0.1, 0.15) is 53.1 Å². The summed E-state index contributed by atoms with van der Waals surface area (Å²) in [5, 5.41) is 13.3. The number of rotatable bonds is 7. The number of pyridine rings is 1. The van der Waals surface area contributed by atoms with Crippen LogP contribution in [0.3, 0.4) is 0 Å². The molecule has 0 radical (unpaired) electrons. The minimum atomic E-state index is -1.05. The molecule has 0 fully saturated rings. The van der Waals surface area contributed by atoms with E-state index in [9.17, 15) is 9.90 Å². The standard InChI is InChI=1S/C29H36N4O3/c1-18-6-7-20(14-21(18)16-33-12-13-36-25-10-11-32-15-22(25)17-33)26(29(3,4)28(34)35)23-8-9-24(31-5)27(30)19(23)2/h6-11,14-15,26,31H,12-13,16-17,30H2,1-5H3,(H,34,35). The van der Waals surface area contributed by atoms with Crippen molar-refractivity contribution in [2.24, 2.45) is 5.41 Å². The first-order valence-electron chi connectivity index (χ1n) is 12.3. The maximum atomic E-state index is 12.5. The van der Waals surface area contributed by atoms with Crippen LogP contribution in [0.4, 0.5) is 11.4 Å². The zero-order valence-corrected chi connectivity index (χ0v) is 21.8. The van der Waals surface area contributed by atoms with E-state index in [4.69, 9.17) is 10.5 Å². The second kappa shape index (κ2) is 10.2. The highest BCUT2D eigenvalue weighted by Crippen LogP contribution is 2.45. The van der Waals surface area contributed by atoms with Crippen LogP contribution in [0.5, 0.6) is 5.75 Å². The van der Waals surface area contributed by atoms with E-state index in [2.05, 4.69) is 40.3 Å². The first kappa shape index (κ1) is 25.5. The number of benzene rings is 2. The van der Waals surface area contributed by atoms with E-state index in [-0.39, 0.29) is 5.92 Å². The van der Waals surface area contributed by atoms with Crippen molar-refractivity contribution in [3.05, 3.63) is 82.2 Å². The molecule has 4 N–H and O–H groups in total. The number of nitrogens with two attached hydrogens (primary N) is 1. The number of ether oxygens (including phenoxy) is 1. The monoisotopic (exact) mass is 488 g/mol. The number of hydrogen-bond donors (Lipinski definition) is 3. The fraction of sp³-hybridized carbons (Fsp3) is 0.379. The van der Waals surface area contributed by atoms with E-state index in [0.717, 1.165) is 53.3 Å². The van der Waals surface area contributed by atoms with Gasteiger partial charge in [0.05, 0.1) is 16.8 Å². The first-order valence-corrected chi connectivity index (χ1v) is 12.3. The van der Waals surface area contributed by atoms with Gasteiger partial charge < -0.3 is 20.9 Å². The first-order chi connectivity index (χ1) is 17.1. The van der Waals surface area contributed by atoms with Crippen LogP contribution in [-0.4, -0.2) is 41.2 Å². The Labute approximate surface area is 213 Å². The average molecular weight is 489 g/mol. The van der Waals surface area contributed by atoms with Gasteiger partial charge in [0.15, 0.2) is 0 Å². The summed E-state index contributed by atoms with van der Waals surface area (Å²) < 4.78 is 5.92. The van der Waals surface area contributed by atoms with Crippen molar-refractivity contribution < 1.29 is 14.6 Å². The Kier molecular flexibility index (Phi) is 7.22. The van der Waals surface area contributed by atoms with E-state index in [1.807, 2.05) is 38.4 Å². The second-order valence-corrected chi connectivity index (χ2v) is 10.2. The van der Waals surface area contributed by atoms with Gasteiger partial charge in [0, 0.05) is 50.6 Å². The molecule has 190 valence electrons. The summed E-state index contributed by atoms with van der Waals surface area (Å²) >= 11 is 0. The van der Waals surface area contributed by atoms with Crippen LogP contribution in [0.25, 0.3) is 0 Å². The van der Waals surface area contributed by atoms with Gasteiger partial charge in [-0.15, -0.1) is 0 Å². The van der Waals surface area contributed by atoms with E-state index in [0.29, 0.717) is 12.3 Å². The number of carboxylic acids is 1. The number of nitrogens with zero attached hydrogens (tertiary/aromatic N) is 2. The van der Waals surface area contributed by atoms with Gasteiger partial charge in [-0.05, 0) is 67.6 Å². The summed E-state index contributed by atoms with van der Waals surface area (Å²) in [5.41, 5.74) is 13.1. The summed E-state index contributed by atoms with van der Waals surface area (Å²) in [4.78, 5) is 19.1. The molecule has 1 unspecified atom stereocenters. The highest BCUT2D eigenvalue weighted by atomic mass is 16.5. The maximum absolute atomic E-state index is 12.5. The lowest BCUT2D eigenvalue weighted by Crippen LogP contribution is -2.33. The molecule has 2 aromatic carbocycles. The van der Waals surface area contributed by atoms with Crippen molar-refractivity contribution in [3.8, 4) is 5.75 Å². The van der Waals surface area contributed by atoms with Gasteiger partial charge in [-0.25, -0.2) is 0 Å². The van der Waals surface area contributed by atoms with Gasteiger partial charge >= 0.3 is 5.97 Å². The molecular weight excluding hydrogens is 452 g/mol. The molecule has 3 aromatic rings. The average Bonchev–Trinajstić information content (AvgIpc) is 3.05. The molecule has 1 aliphatic rings. The van der Waals surface area contributed by atoms with Crippen molar-refractivity contribution >= 4 is 17.3 Å². The second-order valence-electron chi connectivity index (χ2n) is 10.2. The Morgan fingerprint density at radius 2 is 2.03 bits per heavy atom. The SMILES string of the molecule is CNc1ccc(C(c2ccc(C)c(CN3CCOc4ccncc4C3)c2)C(C)(C)C(=O)O)c(C)c1N. The maximum Gasteiger partial charge on any atom is 0.310 e. The van der Waals surface area contributed by atoms with Crippen LogP contribution in [-0.2, 0) is 17.9 Å². The molecule has 1 aromatic heterocycles. The fourth-order valence-electron chi connectivity index (χ4n) is 5.08. The minimum Gasteiger partial charge on any atom is -0.492 e. The van der Waals surface area contributed by atoms with E-state index in [1.165, 1.54) is 11.1 Å². The molecule has 0 saturated carbocycles. The number of fused-ring (bicyclic) bond motifs is 1. The molecule has 0 amide bonds. The van der Waals surface area contributed by atoms with Crippen molar-refractivity contribution in [2.75, 3.05) is 31.2 Å². The number of aromatic nitrogens is 1. The van der Waals surface area contributed by atoms with Gasteiger partial charge in [-0.2, -0.15) is 0 Å². The number of carbonyl (C=O) groups is 1. The van der Waals surface area contributed by atoms with Crippen LogP contribution in [0.15, 0.2) is 48.8 Å². The summed E-state index contributed by atoms with van der Waals surface area (Å²) in [5.74, 6) is -0.335. The lowest BCUT2D eigenvalue weighted by Gasteiger charge is -2.34. The molecule has 7 heteroatoms. The lowest BCUT2D eigenvalue weighted by molar-refractivity contribution is -0.147. The lowest BCUT2D eigenvalue weighted by atomic mass is 9.69. The van der Waals surface area contributed by atoms with Gasteiger partial charge in [0.2, 0.25) is 0 Å². The van der Waals surface area contributed by atoms with E-state index in [1.54, 1.807) is 20.0 Å². The zero-order valence-electron chi connectivity index (χ0n) is 21.8. The third-order valence-corrected chi connectivity index (χ3v) is 7.43. The van der Waals surface area contributed by atoms with E-state index < -0.39 is 11.4 Å². The van der Waals surface area contributed by atoms with Gasteiger partial charge in [0.1, 0.15) is 12.4 Å². The number of aryl methyl sites for hydroxylation is 1. The van der Waals surface area contributed by atoms with Crippen LogP contribution in [0, 0.1) is 19.3 Å². The molecule has 1 atom stereocenters. The Morgan fingerprint density at radius 3 is 2.75 bits per heavy atom. The third-order valence-electron chi connectivity index (χ3n) is 7.43. The smallest absolute Gasteiger partial charge is 0.310 e. The number of nitrogens with one attached hydrogen (secondary N) is 1. The summed E-state index contributed by atoms with van der Waals surface area (Å²) in [7, 11) is 1.83. The highest BCUT2D eigenvalue weighted by Gasteiger charge is 2.40. The van der Waals surface area contributed by atoms with Crippen LogP contribution < -0.4 is 15.8 Å². The normalized spacial score (nSPS) is 14.9. The van der Waals surface area contributed by atoms with Gasteiger partial charge in [-0.3, -0.25) is 14.7 Å². The molecule has 0 aliphatic carbocycles. The Hall–Kier alpha value is -3.58. The van der Waals surface area contributed by atoms with Crippen molar-refractivity contribution in [1.82, 2.24) is 9.88 Å². The van der Waals surface area contributed by atoms with Crippen molar-refractivity contribution in [1.29, 1.82) is 0 Å². The molecule has 0 bridgehead atoms. The molecule has 4 rings (SSSR count). The molecule has 36 heavy (non-hydrogen) atoms. The number of hydrogen-bond acceptors (Lipinski definition) is 6. The van der Waals surface area contributed by atoms with Crippen molar-refractivity contribution in [3.63, 3.8) is 0 Å².